The summed E-state index contributed by atoms with van der Waals surface area (Å²) in [5, 5.41) is 3.27. The van der Waals surface area contributed by atoms with E-state index in [1.54, 1.807) is 0 Å². The van der Waals surface area contributed by atoms with Crippen molar-refractivity contribution in [2.45, 2.75) is 19.8 Å². The Morgan fingerprint density at radius 2 is 2.50 bits per heavy atom. The monoisotopic (exact) mass is 165 g/mol. The molecular formula is C10H15NO. The van der Waals surface area contributed by atoms with E-state index in [0.717, 1.165) is 25.1 Å². The van der Waals surface area contributed by atoms with Crippen LogP contribution >= 0.6 is 0 Å². The van der Waals surface area contributed by atoms with Gasteiger partial charge in [0.25, 0.3) is 0 Å². The summed E-state index contributed by atoms with van der Waals surface area (Å²) in [5.41, 5.74) is 1.03. The minimum atomic E-state index is 0.0406. The van der Waals surface area contributed by atoms with Gasteiger partial charge in [-0.2, -0.15) is 0 Å². The Morgan fingerprint density at radius 1 is 1.75 bits per heavy atom. The highest BCUT2D eigenvalue weighted by Gasteiger charge is 2.61. The molecule has 0 radical (unpaired) electrons. The summed E-state index contributed by atoms with van der Waals surface area (Å²) < 4.78 is 0. The third-order valence-electron chi connectivity index (χ3n) is 3.08. The third-order valence-corrected chi connectivity index (χ3v) is 3.08. The number of rotatable bonds is 3. The van der Waals surface area contributed by atoms with Gasteiger partial charge >= 0.3 is 0 Å². The van der Waals surface area contributed by atoms with Gasteiger partial charge in [0.15, 0.2) is 0 Å². The molecule has 12 heavy (non-hydrogen) atoms. The van der Waals surface area contributed by atoms with Crippen LogP contribution in [0.2, 0.25) is 0 Å². The molecule has 2 fully saturated rings. The lowest BCUT2D eigenvalue weighted by molar-refractivity contribution is -0.123. The zero-order valence-corrected chi connectivity index (χ0v) is 7.52. The van der Waals surface area contributed by atoms with Crippen molar-refractivity contribution in [1.82, 2.24) is 5.32 Å². The molecule has 2 atom stereocenters. The van der Waals surface area contributed by atoms with E-state index in [2.05, 4.69) is 11.9 Å². The smallest absolute Gasteiger partial charge is 0.144 e. The van der Waals surface area contributed by atoms with Crippen molar-refractivity contribution in [3.63, 3.8) is 0 Å². The predicted octanol–water partition coefficient (Wildman–Crippen LogP) is 1.13. The summed E-state index contributed by atoms with van der Waals surface area (Å²) in [6.07, 6.45) is 1.70. The highest BCUT2D eigenvalue weighted by molar-refractivity contribution is 5.90. The Bertz CT molecular complexity index is 246. The van der Waals surface area contributed by atoms with Gasteiger partial charge in [-0.1, -0.05) is 12.2 Å². The molecule has 66 valence electrons. The van der Waals surface area contributed by atoms with E-state index < -0.39 is 0 Å². The van der Waals surface area contributed by atoms with Crippen molar-refractivity contribution in [3.8, 4) is 0 Å². The van der Waals surface area contributed by atoms with Crippen LogP contribution < -0.4 is 5.32 Å². The summed E-state index contributed by atoms with van der Waals surface area (Å²) in [6, 6.07) is 0. The summed E-state index contributed by atoms with van der Waals surface area (Å²) in [7, 11) is 0. The molecule has 1 saturated carbocycles. The summed E-state index contributed by atoms with van der Waals surface area (Å²) in [6.45, 7) is 7.65. The number of carbonyl (C=O) groups is 1. The van der Waals surface area contributed by atoms with E-state index in [4.69, 9.17) is 0 Å². The summed E-state index contributed by atoms with van der Waals surface area (Å²) >= 11 is 0. The SMILES string of the molecule is C=C(C)CC(=O)C12CNCC1C2. The third kappa shape index (κ3) is 1.02. The minimum Gasteiger partial charge on any atom is -0.315 e. The molecule has 0 amide bonds. The minimum absolute atomic E-state index is 0.0406. The molecule has 2 heteroatoms. The van der Waals surface area contributed by atoms with Gasteiger partial charge in [-0.25, -0.2) is 0 Å². The van der Waals surface area contributed by atoms with E-state index in [-0.39, 0.29) is 5.41 Å². The number of Topliss-reactive ketones (excluding diaryl/α,β-unsaturated/α-hetero) is 1. The number of ketones is 1. The first kappa shape index (κ1) is 7.99. The van der Waals surface area contributed by atoms with Gasteiger partial charge in [-0.3, -0.25) is 4.79 Å². The van der Waals surface area contributed by atoms with Crippen LogP contribution in [-0.2, 0) is 4.79 Å². The zero-order chi connectivity index (χ0) is 8.77. The van der Waals surface area contributed by atoms with Gasteiger partial charge in [-0.15, -0.1) is 0 Å². The number of hydrogen-bond acceptors (Lipinski definition) is 2. The van der Waals surface area contributed by atoms with Crippen LogP contribution in [0, 0.1) is 11.3 Å². The Hall–Kier alpha value is -0.630. The molecule has 0 bridgehead atoms. The Kier molecular flexibility index (Phi) is 1.62. The van der Waals surface area contributed by atoms with Crippen LogP contribution in [0.4, 0.5) is 0 Å². The van der Waals surface area contributed by atoms with Gasteiger partial charge < -0.3 is 5.32 Å². The first-order valence-corrected chi connectivity index (χ1v) is 4.53. The molecule has 2 aliphatic rings. The fraction of sp³-hybridized carbons (Fsp3) is 0.700. The van der Waals surface area contributed by atoms with Crippen LogP contribution in [0.3, 0.4) is 0 Å². The molecular weight excluding hydrogens is 150 g/mol. The maximum absolute atomic E-state index is 11.7. The Balaban J connectivity index is 2.01. The second kappa shape index (κ2) is 2.43. The van der Waals surface area contributed by atoms with E-state index in [1.165, 1.54) is 0 Å². The van der Waals surface area contributed by atoms with Crippen LogP contribution in [0.1, 0.15) is 19.8 Å². The molecule has 0 spiro atoms. The number of piperidine rings is 1. The lowest BCUT2D eigenvalue weighted by Crippen LogP contribution is -2.24. The normalized spacial score (nSPS) is 37.6. The molecule has 0 aromatic heterocycles. The standard InChI is InChI=1S/C10H15NO/c1-7(2)3-9(12)10-4-8(10)5-11-6-10/h8,11H,1,3-6H2,2H3. The van der Waals surface area contributed by atoms with Crippen molar-refractivity contribution < 1.29 is 4.79 Å². The zero-order valence-electron chi connectivity index (χ0n) is 7.52. The summed E-state index contributed by atoms with van der Waals surface area (Å²) in [4.78, 5) is 11.7. The van der Waals surface area contributed by atoms with Gasteiger partial charge in [0.2, 0.25) is 0 Å². The van der Waals surface area contributed by atoms with Gasteiger partial charge in [-0.05, 0) is 25.8 Å². The Morgan fingerprint density at radius 3 is 2.92 bits per heavy atom. The predicted molar refractivity (Wildman–Crippen MR) is 47.8 cm³/mol. The first-order valence-electron chi connectivity index (χ1n) is 4.53. The van der Waals surface area contributed by atoms with Crippen LogP contribution in [0.5, 0.6) is 0 Å². The van der Waals surface area contributed by atoms with E-state index in [0.29, 0.717) is 18.1 Å². The number of nitrogens with one attached hydrogen (secondary N) is 1. The second-order valence-corrected chi connectivity index (χ2v) is 4.25. The van der Waals surface area contributed by atoms with Crippen molar-refractivity contribution >= 4 is 5.78 Å². The van der Waals surface area contributed by atoms with Gasteiger partial charge in [0.05, 0.1) is 0 Å². The highest BCUT2D eigenvalue weighted by atomic mass is 16.1. The number of hydrogen-bond donors (Lipinski definition) is 1. The molecule has 0 aromatic carbocycles. The maximum atomic E-state index is 11.7. The van der Waals surface area contributed by atoms with Crippen LogP contribution in [0.25, 0.3) is 0 Å². The van der Waals surface area contributed by atoms with Crippen LogP contribution in [0.15, 0.2) is 12.2 Å². The van der Waals surface area contributed by atoms with Gasteiger partial charge in [0.1, 0.15) is 5.78 Å². The van der Waals surface area contributed by atoms with E-state index in [1.807, 2.05) is 6.92 Å². The molecule has 1 aliphatic carbocycles. The molecule has 1 aliphatic heterocycles. The molecule has 2 unspecified atom stereocenters. The van der Waals surface area contributed by atoms with Crippen molar-refractivity contribution in [1.29, 1.82) is 0 Å². The number of carbonyl (C=O) groups excluding carboxylic acids is 1. The van der Waals surface area contributed by atoms with Gasteiger partial charge in [0, 0.05) is 18.4 Å². The summed E-state index contributed by atoms with van der Waals surface area (Å²) in [5.74, 6) is 1.05. The highest BCUT2D eigenvalue weighted by Crippen LogP contribution is 2.56. The van der Waals surface area contributed by atoms with Crippen molar-refractivity contribution in [2.75, 3.05) is 13.1 Å². The quantitative estimate of drug-likeness (QED) is 0.635. The maximum Gasteiger partial charge on any atom is 0.144 e. The average Bonchev–Trinajstić information content (AvgIpc) is 2.55. The second-order valence-electron chi connectivity index (χ2n) is 4.25. The average molecular weight is 165 g/mol. The van der Waals surface area contributed by atoms with Crippen LogP contribution in [-0.4, -0.2) is 18.9 Å². The molecule has 1 saturated heterocycles. The first-order chi connectivity index (χ1) is 5.65. The molecule has 1 heterocycles. The fourth-order valence-corrected chi connectivity index (χ4v) is 2.22. The Labute approximate surface area is 73.0 Å². The lowest BCUT2D eigenvalue weighted by atomic mass is 9.95. The molecule has 2 rings (SSSR count). The van der Waals surface area contributed by atoms with Crippen molar-refractivity contribution in [2.24, 2.45) is 11.3 Å². The molecule has 0 aromatic rings. The van der Waals surface area contributed by atoms with E-state index >= 15 is 0 Å². The topological polar surface area (TPSA) is 29.1 Å². The lowest BCUT2D eigenvalue weighted by Gasteiger charge is -2.09. The number of fused-ring (bicyclic) bond motifs is 1. The largest absolute Gasteiger partial charge is 0.315 e. The molecule has 1 N–H and O–H groups in total. The number of allylic oxidation sites excluding steroid dienone is 1. The molecule has 2 nitrogen and oxygen atoms in total. The fourth-order valence-electron chi connectivity index (χ4n) is 2.22. The van der Waals surface area contributed by atoms with Crippen molar-refractivity contribution in [3.05, 3.63) is 12.2 Å². The van der Waals surface area contributed by atoms with E-state index in [9.17, 15) is 4.79 Å².